The average molecular weight is 449 g/mol. The predicted molar refractivity (Wildman–Crippen MR) is 116 cm³/mol. The highest BCUT2D eigenvalue weighted by Crippen LogP contribution is 2.37. The summed E-state index contributed by atoms with van der Waals surface area (Å²) in [4.78, 5) is 36.4. The molecule has 10 N–H and O–H groups in total. The zero-order chi connectivity index (χ0) is 19.9. The zero-order valence-electron chi connectivity index (χ0n) is 17.4. The van der Waals surface area contributed by atoms with Gasteiger partial charge < -0.3 is 36.8 Å². The lowest BCUT2D eigenvalue weighted by Crippen LogP contribution is -2.25. The summed E-state index contributed by atoms with van der Waals surface area (Å²) in [6.45, 7) is 7.91. The van der Waals surface area contributed by atoms with Crippen LogP contribution in [0.25, 0.3) is 0 Å². The van der Waals surface area contributed by atoms with E-state index in [1.807, 2.05) is 0 Å². The fraction of sp³-hybridized carbons (Fsp3) is 0.941. The quantitative estimate of drug-likeness (QED) is 0.200. The van der Waals surface area contributed by atoms with E-state index < -0.39 is 15.2 Å². The standard InChI is InChI=1S/C12H24N.C5H14O6P2.2H3N/c1-2-3-4-7-10-13-11-8-5-6-9-12-13;6-12(7,8)4-2-1-3-5-13(9,10)11;;/h1-12H2;1-5H2,(H2,6,7,8)(H2,9,10,11);2*1H3. The molecule has 1 rings (SSSR count). The first-order valence-electron chi connectivity index (χ1n) is 9.75. The molecule has 0 bridgehead atoms. The summed E-state index contributed by atoms with van der Waals surface area (Å²) < 4.78 is 20.7. The molecule has 0 unspecified atom stereocenters. The lowest BCUT2D eigenvalue weighted by atomic mass is 10.2. The van der Waals surface area contributed by atoms with Gasteiger partial charge in [0.15, 0.2) is 0 Å². The summed E-state index contributed by atoms with van der Waals surface area (Å²) in [5.41, 5.74) is 0. The molecule has 0 aliphatic carbocycles. The number of unbranched alkanes of at least 4 members (excludes halogenated alkanes) is 5. The van der Waals surface area contributed by atoms with Crippen LogP contribution in [0.2, 0.25) is 0 Å². The first-order chi connectivity index (χ1) is 12.1. The number of hydrogen-bond donors (Lipinski definition) is 6. The molecule has 1 radical (unpaired) electrons. The van der Waals surface area contributed by atoms with Crippen molar-refractivity contribution in [1.29, 1.82) is 0 Å². The van der Waals surface area contributed by atoms with Crippen LogP contribution in [0.4, 0.5) is 0 Å². The van der Waals surface area contributed by atoms with Crippen molar-refractivity contribution >= 4 is 15.2 Å². The Bertz CT molecular complexity index is 399. The Kier molecular flexibility index (Phi) is 22.5. The summed E-state index contributed by atoms with van der Waals surface area (Å²) >= 11 is 0. The molecule has 0 saturated carbocycles. The van der Waals surface area contributed by atoms with Crippen molar-refractivity contribution in [2.24, 2.45) is 0 Å². The van der Waals surface area contributed by atoms with Crippen molar-refractivity contribution in [3.05, 3.63) is 6.92 Å². The lowest BCUT2D eigenvalue weighted by molar-refractivity contribution is 0.278. The number of nitrogens with zero attached hydrogens (tertiary/aromatic N) is 1. The normalized spacial score (nSPS) is 15.5. The first kappa shape index (κ1) is 32.8. The largest absolute Gasteiger partial charge is 0.344 e. The number of likely N-dealkylation sites (tertiary alicyclic amines) is 1. The minimum Gasteiger partial charge on any atom is -0.344 e. The third kappa shape index (κ3) is 26.2. The van der Waals surface area contributed by atoms with Crippen LogP contribution in [-0.2, 0) is 9.13 Å². The molecule has 0 spiro atoms. The maximum atomic E-state index is 10.3. The van der Waals surface area contributed by atoms with E-state index in [1.54, 1.807) is 0 Å². The second-order valence-corrected chi connectivity index (χ2v) is 10.6. The van der Waals surface area contributed by atoms with Crippen molar-refractivity contribution in [3.8, 4) is 0 Å². The van der Waals surface area contributed by atoms with E-state index in [1.165, 1.54) is 64.6 Å². The Labute approximate surface area is 171 Å². The minimum atomic E-state index is -3.94. The van der Waals surface area contributed by atoms with Crippen LogP contribution in [0.1, 0.15) is 70.6 Å². The van der Waals surface area contributed by atoms with Gasteiger partial charge in [-0.05, 0) is 51.7 Å². The summed E-state index contributed by atoms with van der Waals surface area (Å²) in [7, 11) is -7.88. The van der Waals surface area contributed by atoms with Crippen molar-refractivity contribution in [2.45, 2.75) is 70.6 Å². The van der Waals surface area contributed by atoms with E-state index in [-0.39, 0.29) is 24.6 Å². The minimum absolute atomic E-state index is 0. The topological polar surface area (TPSA) is 188 Å². The van der Waals surface area contributed by atoms with Crippen molar-refractivity contribution in [1.82, 2.24) is 17.2 Å². The van der Waals surface area contributed by atoms with Crippen molar-refractivity contribution < 1.29 is 28.7 Å². The fourth-order valence-corrected chi connectivity index (χ4v) is 4.13. The van der Waals surface area contributed by atoms with Gasteiger partial charge in [0.1, 0.15) is 0 Å². The Morgan fingerprint density at radius 3 is 1.50 bits per heavy atom. The molecular weight excluding hydrogens is 404 g/mol. The van der Waals surface area contributed by atoms with E-state index in [2.05, 4.69) is 11.8 Å². The van der Waals surface area contributed by atoms with Gasteiger partial charge in [0.25, 0.3) is 0 Å². The lowest BCUT2D eigenvalue weighted by Gasteiger charge is -2.19. The molecule has 0 aromatic carbocycles. The molecule has 0 amide bonds. The molecule has 0 atom stereocenters. The predicted octanol–water partition coefficient (Wildman–Crippen LogP) is 4.09. The molecule has 9 nitrogen and oxygen atoms in total. The van der Waals surface area contributed by atoms with Crippen LogP contribution in [0.15, 0.2) is 0 Å². The molecular formula is C17H44N3O6P2. The third-order valence-corrected chi connectivity index (χ3v) is 6.12. The second-order valence-electron chi connectivity index (χ2n) is 7.01. The molecule has 28 heavy (non-hydrogen) atoms. The summed E-state index contributed by atoms with van der Waals surface area (Å²) in [6.07, 6.45) is 11.5. The molecule has 1 heterocycles. The van der Waals surface area contributed by atoms with Crippen molar-refractivity contribution in [3.63, 3.8) is 0 Å². The van der Waals surface area contributed by atoms with Crippen LogP contribution in [0.5, 0.6) is 0 Å². The van der Waals surface area contributed by atoms with E-state index in [4.69, 9.17) is 19.6 Å². The number of hydrogen-bond acceptors (Lipinski definition) is 5. The highest BCUT2D eigenvalue weighted by Gasteiger charge is 2.14. The van der Waals surface area contributed by atoms with Crippen LogP contribution in [0.3, 0.4) is 0 Å². The van der Waals surface area contributed by atoms with Crippen LogP contribution in [0, 0.1) is 6.92 Å². The maximum absolute atomic E-state index is 10.3. The molecule has 173 valence electrons. The van der Waals surface area contributed by atoms with Crippen LogP contribution >= 0.6 is 15.2 Å². The Morgan fingerprint density at radius 1 is 0.679 bits per heavy atom. The van der Waals surface area contributed by atoms with E-state index in [0.29, 0.717) is 19.3 Å². The summed E-state index contributed by atoms with van der Waals surface area (Å²) in [5.74, 6) is 0. The smallest absolute Gasteiger partial charge is 0.325 e. The molecule has 1 aliphatic rings. The van der Waals surface area contributed by atoms with Crippen LogP contribution < -0.4 is 12.3 Å². The zero-order valence-corrected chi connectivity index (χ0v) is 19.2. The van der Waals surface area contributed by atoms with Crippen LogP contribution in [-0.4, -0.2) is 56.4 Å². The van der Waals surface area contributed by atoms with E-state index in [9.17, 15) is 9.13 Å². The molecule has 0 aromatic heterocycles. The van der Waals surface area contributed by atoms with Gasteiger partial charge in [0.2, 0.25) is 0 Å². The van der Waals surface area contributed by atoms with E-state index in [0.717, 1.165) is 6.42 Å². The van der Waals surface area contributed by atoms with E-state index >= 15 is 0 Å². The summed E-state index contributed by atoms with van der Waals surface area (Å²) in [6, 6.07) is 0. The monoisotopic (exact) mass is 448 g/mol. The number of rotatable bonds is 11. The SMILES string of the molecule is N.N.O=P(O)(O)CCCCCP(=O)(O)O.[CH2]CCCCCN1CCCCCC1. The molecule has 1 aliphatic heterocycles. The van der Waals surface area contributed by atoms with Gasteiger partial charge >= 0.3 is 15.2 Å². The van der Waals surface area contributed by atoms with Gasteiger partial charge in [-0.15, -0.1) is 0 Å². The van der Waals surface area contributed by atoms with Gasteiger partial charge in [0, 0.05) is 12.3 Å². The Balaban J connectivity index is -0.000000417. The summed E-state index contributed by atoms with van der Waals surface area (Å²) in [5, 5.41) is 0. The van der Waals surface area contributed by atoms with Gasteiger partial charge in [0.05, 0.1) is 0 Å². The van der Waals surface area contributed by atoms with Gasteiger partial charge in [-0.3, -0.25) is 9.13 Å². The highest BCUT2D eigenvalue weighted by atomic mass is 31.2. The Morgan fingerprint density at radius 2 is 1.11 bits per heavy atom. The maximum Gasteiger partial charge on any atom is 0.325 e. The molecule has 1 fully saturated rings. The van der Waals surface area contributed by atoms with Gasteiger partial charge in [-0.1, -0.05) is 45.4 Å². The second kappa shape index (κ2) is 19.2. The highest BCUT2D eigenvalue weighted by molar-refractivity contribution is 7.52. The molecule has 1 saturated heterocycles. The molecule has 0 aromatic rings. The fourth-order valence-electron chi connectivity index (χ4n) is 2.86. The average Bonchev–Trinajstić information content (AvgIpc) is 2.78. The Hall–Kier alpha value is 0.180. The van der Waals surface area contributed by atoms with Crippen molar-refractivity contribution in [2.75, 3.05) is 32.0 Å². The van der Waals surface area contributed by atoms with Gasteiger partial charge in [-0.2, -0.15) is 0 Å². The first-order valence-corrected chi connectivity index (χ1v) is 13.3. The molecule has 11 heteroatoms. The third-order valence-electron chi connectivity index (χ3n) is 4.32. The van der Waals surface area contributed by atoms with Gasteiger partial charge in [-0.25, -0.2) is 0 Å².